The molecule has 2 aromatic carbocycles. The van der Waals surface area contributed by atoms with Gasteiger partial charge in [0.15, 0.2) is 5.78 Å². The molecule has 0 radical (unpaired) electrons. The number of nitrogens with one attached hydrogen (secondary N) is 1. The molecule has 1 N–H and O–H groups in total. The van der Waals surface area contributed by atoms with Crippen LogP contribution in [0.25, 0.3) is 0 Å². The Morgan fingerprint density at radius 2 is 1.89 bits per heavy atom. The van der Waals surface area contributed by atoms with Crippen LogP contribution in [0.4, 0.5) is 10.1 Å². The lowest BCUT2D eigenvalue weighted by Gasteiger charge is -2.32. The number of hydrazine groups is 1. The van der Waals surface area contributed by atoms with Crippen molar-refractivity contribution in [3.63, 3.8) is 0 Å². The van der Waals surface area contributed by atoms with Crippen molar-refractivity contribution in [3.8, 4) is 0 Å². The van der Waals surface area contributed by atoms with Crippen molar-refractivity contribution >= 4 is 23.3 Å². The Balaban J connectivity index is 1.51. The van der Waals surface area contributed by atoms with Gasteiger partial charge in [0.25, 0.3) is 5.91 Å². The molecule has 0 aromatic heterocycles. The summed E-state index contributed by atoms with van der Waals surface area (Å²) in [5, 5.41) is 6.30. The highest BCUT2D eigenvalue weighted by Gasteiger charge is 2.29. The molecule has 192 valence electrons. The van der Waals surface area contributed by atoms with E-state index in [1.165, 1.54) is 11.1 Å². The molecule has 0 saturated heterocycles. The van der Waals surface area contributed by atoms with Gasteiger partial charge in [0.2, 0.25) is 5.91 Å². The molecule has 7 nitrogen and oxygen atoms in total. The van der Waals surface area contributed by atoms with Gasteiger partial charge in [0.05, 0.1) is 13.1 Å². The van der Waals surface area contributed by atoms with Crippen molar-refractivity contribution in [1.29, 1.82) is 0 Å². The number of nitrogens with zero attached hydrogens (tertiary/aromatic N) is 3. The fourth-order valence-corrected chi connectivity index (χ4v) is 4.99. The number of halogens is 1. The lowest BCUT2D eigenvalue weighted by Crippen LogP contribution is -2.48. The summed E-state index contributed by atoms with van der Waals surface area (Å²) >= 11 is 0. The van der Waals surface area contributed by atoms with E-state index in [9.17, 15) is 18.8 Å². The molecule has 0 saturated carbocycles. The Bertz CT molecular complexity index is 1170. The van der Waals surface area contributed by atoms with E-state index in [0.717, 1.165) is 47.2 Å². The minimum absolute atomic E-state index is 0.0121. The van der Waals surface area contributed by atoms with E-state index >= 15 is 0 Å². The SMILES string of the molecule is CCCCCNC(=O)CN(CC(=O)N(C)N1Cc2cccc(F)c2C1)c1cc2c(cc1C)C(=O)CC2. The zero-order chi connectivity index (χ0) is 25.8. The molecule has 1 aliphatic carbocycles. The number of likely N-dealkylation sites (N-methyl/N-ethyl adjacent to an activating group) is 1. The predicted molar refractivity (Wildman–Crippen MR) is 137 cm³/mol. The first-order chi connectivity index (χ1) is 17.3. The standard InChI is InChI=1S/C28H35FN4O3/c1-4-5-6-12-30-27(35)17-32(25-14-20-10-11-26(34)22(20)13-19(25)2)18-28(36)31(3)33-15-21-8-7-9-24(29)23(21)16-33/h7-9,13-14H,4-6,10-12,15-18H2,1-3H3,(H,30,35). The van der Waals surface area contributed by atoms with Crippen molar-refractivity contribution in [3.05, 3.63) is 64.0 Å². The summed E-state index contributed by atoms with van der Waals surface area (Å²) in [5.74, 6) is -0.469. The van der Waals surface area contributed by atoms with Gasteiger partial charge in [-0.25, -0.2) is 9.40 Å². The van der Waals surface area contributed by atoms with E-state index in [0.29, 0.717) is 38.0 Å². The van der Waals surface area contributed by atoms with Gasteiger partial charge in [-0.05, 0) is 54.7 Å². The van der Waals surface area contributed by atoms with Gasteiger partial charge in [-0.1, -0.05) is 31.9 Å². The second-order valence-electron chi connectivity index (χ2n) is 9.75. The van der Waals surface area contributed by atoms with Crippen LogP contribution in [0, 0.1) is 12.7 Å². The van der Waals surface area contributed by atoms with Gasteiger partial charge < -0.3 is 10.2 Å². The summed E-state index contributed by atoms with van der Waals surface area (Å²) in [7, 11) is 1.68. The second-order valence-corrected chi connectivity index (χ2v) is 9.75. The first-order valence-corrected chi connectivity index (χ1v) is 12.7. The van der Waals surface area contributed by atoms with Gasteiger partial charge in [-0.2, -0.15) is 0 Å². The van der Waals surface area contributed by atoms with Crippen molar-refractivity contribution in [2.75, 3.05) is 31.6 Å². The average Bonchev–Trinajstić information content (AvgIpc) is 3.45. The number of rotatable bonds is 10. The number of Topliss-reactive ketones (excluding diaryl/α,β-unsaturated/α-hetero) is 1. The predicted octanol–water partition coefficient (Wildman–Crippen LogP) is 3.77. The summed E-state index contributed by atoms with van der Waals surface area (Å²) in [6.07, 6.45) is 4.19. The number of carbonyl (C=O) groups is 3. The Labute approximate surface area is 212 Å². The molecular formula is C28H35FN4O3. The largest absolute Gasteiger partial charge is 0.355 e. The van der Waals surface area contributed by atoms with E-state index < -0.39 is 0 Å². The number of carbonyl (C=O) groups excluding carboxylic acids is 3. The van der Waals surface area contributed by atoms with Gasteiger partial charge >= 0.3 is 0 Å². The van der Waals surface area contributed by atoms with Crippen LogP contribution in [-0.2, 0) is 29.1 Å². The third-order valence-corrected chi connectivity index (χ3v) is 7.14. The molecule has 0 unspecified atom stereocenters. The topological polar surface area (TPSA) is 73.0 Å². The van der Waals surface area contributed by atoms with Crippen LogP contribution >= 0.6 is 0 Å². The maximum Gasteiger partial charge on any atom is 0.256 e. The number of benzene rings is 2. The first-order valence-electron chi connectivity index (χ1n) is 12.7. The number of aryl methyl sites for hydroxylation is 2. The maximum absolute atomic E-state index is 14.2. The van der Waals surface area contributed by atoms with Crippen LogP contribution in [0.2, 0.25) is 0 Å². The lowest BCUT2D eigenvalue weighted by molar-refractivity contribution is -0.145. The van der Waals surface area contributed by atoms with E-state index in [1.54, 1.807) is 18.0 Å². The zero-order valence-corrected chi connectivity index (χ0v) is 21.4. The Morgan fingerprint density at radius 3 is 2.64 bits per heavy atom. The maximum atomic E-state index is 14.2. The molecule has 1 heterocycles. The van der Waals surface area contributed by atoms with Gasteiger partial charge in [-0.15, -0.1) is 0 Å². The molecule has 1 aliphatic heterocycles. The summed E-state index contributed by atoms with van der Waals surface area (Å²) in [6, 6.07) is 8.82. The number of unbranched alkanes of at least 4 members (excludes halogenated alkanes) is 2. The normalized spacial score (nSPS) is 14.5. The highest BCUT2D eigenvalue weighted by atomic mass is 19.1. The monoisotopic (exact) mass is 494 g/mol. The van der Waals surface area contributed by atoms with E-state index in [-0.39, 0.29) is 36.5 Å². The lowest BCUT2D eigenvalue weighted by atomic mass is 10.0. The fourth-order valence-electron chi connectivity index (χ4n) is 4.99. The van der Waals surface area contributed by atoms with Crippen LogP contribution < -0.4 is 10.2 Å². The number of anilines is 1. The molecule has 4 rings (SSSR count). The summed E-state index contributed by atoms with van der Waals surface area (Å²) in [4.78, 5) is 40.2. The zero-order valence-electron chi connectivity index (χ0n) is 21.4. The van der Waals surface area contributed by atoms with Crippen LogP contribution in [-0.4, -0.2) is 54.3 Å². The Kier molecular flexibility index (Phi) is 8.04. The minimum Gasteiger partial charge on any atom is -0.355 e. The third kappa shape index (κ3) is 5.59. The molecule has 0 atom stereocenters. The third-order valence-electron chi connectivity index (χ3n) is 7.14. The van der Waals surface area contributed by atoms with Crippen molar-refractivity contribution < 1.29 is 18.8 Å². The van der Waals surface area contributed by atoms with Crippen LogP contribution in [0.5, 0.6) is 0 Å². The highest BCUT2D eigenvalue weighted by Crippen LogP contribution is 2.31. The fraction of sp³-hybridized carbons (Fsp3) is 0.464. The molecule has 2 amide bonds. The van der Waals surface area contributed by atoms with Crippen LogP contribution in [0.15, 0.2) is 30.3 Å². The number of hydrogen-bond donors (Lipinski definition) is 1. The molecular weight excluding hydrogens is 459 g/mol. The van der Waals surface area contributed by atoms with Crippen molar-refractivity contribution in [1.82, 2.24) is 15.3 Å². The summed E-state index contributed by atoms with van der Waals surface area (Å²) in [5.41, 5.74) is 4.82. The van der Waals surface area contributed by atoms with Crippen LogP contribution in [0.1, 0.15) is 65.2 Å². The van der Waals surface area contributed by atoms with Gasteiger partial charge in [0, 0.05) is 49.9 Å². The van der Waals surface area contributed by atoms with Crippen molar-refractivity contribution in [2.45, 2.75) is 59.0 Å². The quantitative estimate of drug-likeness (QED) is 0.509. The smallest absolute Gasteiger partial charge is 0.256 e. The molecule has 0 spiro atoms. The second kappa shape index (κ2) is 11.2. The number of amides is 2. The number of fused-ring (bicyclic) bond motifs is 2. The molecule has 2 aliphatic rings. The molecule has 0 fully saturated rings. The van der Waals surface area contributed by atoms with Crippen LogP contribution in [0.3, 0.4) is 0 Å². The van der Waals surface area contributed by atoms with E-state index in [1.807, 2.05) is 30.1 Å². The van der Waals surface area contributed by atoms with E-state index in [2.05, 4.69) is 12.2 Å². The summed E-state index contributed by atoms with van der Waals surface area (Å²) < 4.78 is 14.2. The van der Waals surface area contributed by atoms with E-state index in [4.69, 9.17) is 0 Å². The molecule has 0 bridgehead atoms. The summed E-state index contributed by atoms with van der Waals surface area (Å²) in [6.45, 7) is 5.41. The highest BCUT2D eigenvalue weighted by molar-refractivity contribution is 6.01. The van der Waals surface area contributed by atoms with Crippen molar-refractivity contribution in [2.24, 2.45) is 0 Å². The Morgan fingerprint density at radius 1 is 1.08 bits per heavy atom. The molecule has 2 aromatic rings. The number of hydrogen-bond acceptors (Lipinski definition) is 5. The average molecular weight is 495 g/mol. The minimum atomic E-state index is -0.263. The van der Waals surface area contributed by atoms with Gasteiger partial charge in [0.1, 0.15) is 5.82 Å². The Hall–Kier alpha value is -3.26. The first kappa shape index (κ1) is 25.8. The number of ketones is 1. The molecule has 8 heteroatoms. The molecule has 36 heavy (non-hydrogen) atoms. The van der Waals surface area contributed by atoms with Gasteiger partial charge in [-0.3, -0.25) is 19.4 Å².